The molecule has 0 bridgehead atoms. The molecule has 0 aliphatic rings. The van der Waals surface area contributed by atoms with Gasteiger partial charge >= 0.3 is 0 Å². The van der Waals surface area contributed by atoms with E-state index < -0.39 is 28.5 Å². The van der Waals surface area contributed by atoms with Gasteiger partial charge in [0.05, 0.1) is 0 Å². The molecule has 0 heterocycles. The molecule has 1 rings (SSSR count). The largest absolute Gasteiger partial charge is 0.348 e. The lowest BCUT2D eigenvalue weighted by Gasteiger charge is -2.34. The predicted octanol–water partition coefficient (Wildman–Crippen LogP) is 2.78. The number of amides is 2. The molecule has 2 amide bonds. The quantitative estimate of drug-likeness (QED) is 0.0712. The lowest BCUT2D eigenvalue weighted by molar-refractivity contribution is -0.526. The third-order valence-corrected chi connectivity index (χ3v) is 4.76. The van der Waals surface area contributed by atoms with E-state index in [2.05, 4.69) is 16.0 Å². The van der Waals surface area contributed by atoms with Crippen molar-refractivity contribution in [1.29, 1.82) is 5.41 Å². The summed E-state index contributed by atoms with van der Waals surface area (Å²) in [5.41, 5.74) is 0.890. The average molecular weight is 466 g/mol. The molecule has 0 saturated heterocycles. The third-order valence-electron chi connectivity index (χ3n) is 4.76. The van der Waals surface area contributed by atoms with Crippen LogP contribution in [-0.4, -0.2) is 28.5 Å². The minimum Gasteiger partial charge on any atom is -0.348 e. The van der Waals surface area contributed by atoms with E-state index in [1.165, 1.54) is 12.1 Å². The summed E-state index contributed by atoms with van der Waals surface area (Å²) in [6, 6.07) is 6.15. The highest BCUT2D eigenvalue weighted by atomic mass is 19.1. The number of nitrogens with one attached hydrogen (secondary N) is 5. The van der Waals surface area contributed by atoms with E-state index in [1.807, 2.05) is 13.8 Å². The Morgan fingerprint density at radius 3 is 2.45 bits per heavy atom. The number of guanidine groups is 1. The van der Waals surface area contributed by atoms with Crippen LogP contribution in [0.4, 0.5) is 4.39 Å². The molecule has 0 unspecified atom stereocenters. The van der Waals surface area contributed by atoms with Gasteiger partial charge in [-0.2, -0.15) is 0 Å². The van der Waals surface area contributed by atoms with Gasteiger partial charge in [-0.1, -0.05) is 44.8 Å². The van der Waals surface area contributed by atoms with Crippen LogP contribution in [0, 0.1) is 33.8 Å². The van der Waals surface area contributed by atoms with Gasteiger partial charge in [-0.05, 0) is 55.7 Å². The summed E-state index contributed by atoms with van der Waals surface area (Å²) in [5, 5.41) is 25.3. The monoisotopic (exact) mass is 465 g/mol. The van der Waals surface area contributed by atoms with Gasteiger partial charge in [0, 0.05) is 13.0 Å². The second-order valence-corrected chi connectivity index (χ2v) is 8.21. The molecule has 1 aromatic carbocycles. The topological polar surface area (TPSA) is 149 Å². The maximum Gasteiger partial charge on any atom is 0.266 e. The fourth-order valence-corrected chi connectivity index (χ4v) is 3.17. The molecule has 0 spiro atoms. The Hall–Kier alpha value is -3.24. The zero-order chi connectivity index (χ0) is 24.9. The third kappa shape index (κ3) is 10.8. The molecule has 0 aromatic heterocycles. The van der Waals surface area contributed by atoms with E-state index in [0.29, 0.717) is 38.0 Å². The second-order valence-electron chi connectivity index (χ2n) is 8.21. The molecular formula is C22H34FN6O4. The van der Waals surface area contributed by atoms with Crippen molar-refractivity contribution in [1.82, 2.24) is 21.4 Å². The highest BCUT2D eigenvalue weighted by Gasteiger charge is 2.40. The number of benzene rings is 1. The van der Waals surface area contributed by atoms with Gasteiger partial charge in [0.15, 0.2) is 10.7 Å². The van der Waals surface area contributed by atoms with Crippen molar-refractivity contribution in [3.63, 3.8) is 0 Å². The average Bonchev–Trinajstić information content (AvgIpc) is 2.71. The van der Waals surface area contributed by atoms with E-state index in [9.17, 15) is 24.1 Å². The predicted molar refractivity (Wildman–Crippen MR) is 123 cm³/mol. The highest BCUT2D eigenvalue weighted by Crippen LogP contribution is 2.14. The summed E-state index contributed by atoms with van der Waals surface area (Å²) in [6.07, 6.45) is 3.16. The van der Waals surface area contributed by atoms with Crippen LogP contribution in [0.2, 0.25) is 0 Å². The van der Waals surface area contributed by atoms with E-state index in [-0.39, 0.29) is 18.7 Å². The van der Waals surface area contributed by atoms with Crippen molar-refractivity contribution in [3.8, 4) is 0 Å². The normalized spacial score (nSPS) is 12.5. The number of aryl methyl sites for hydroxylation is 1. The zero-order valence-electron chi connectivity index (χ0n) is 19.4. The maximum atomic E-state index is 13.0. The van der Waals surface area contributed by atoms with Crippen LogP contribution < -0.4 is 21.4 Å². The van der Waals surface area contributed by atoms with Crippen LogP contribution in [0.15, 0.2) is 24.3 Å². The Kier molecular flexibility index (Phi) is 11.8. The van der Waals surface area contributed by atoms with E-state index >= 15 is 0 Å². The molecule has 1 aromatic rings. The summed E-state index contributed by atoms with van der Waals surface area (Å²) >= 11 is 0. The first kappa shape index (κ1) is 27.8. The molecule has 0 aliphatic carbocycles. The Morgan fingerprint density at radius 1 is 1.21 bits per heavy atom. The van der Waals surface area contributed by atoms with Gasteiger partial charge in [0.1, 0.15) is 5.82 Å². The van der Waals surface area contributed by atoms with E-state index in [1.54, 1.807) is 31.0 Å². The smallest absolute Gasteiger partial charge is 0.266 e. The van der Waals surface area contributed by atoms with Crippen molar-refractivity contribution >= 4 is 17.8 Å². The summed E-state index contributed by atoms with van der Waals surface area (Å²) in [7, 11) is 0. The number of rotatable bonds is 14. The first-order chi connectivity index (χ1) is 15.6. The van der Waals surface area contributed by atoms with Gasteiger partial charge < -0.3 is 16.0 Å². The van der Waals surface area contributed by atoms with Crippen molar-refractivity contribution in [3.05, 3.63) is 52.3 Å². The van der Waals surface area contributed by atoms with Crippen molar-refractivity contribution in [2.45, 2.75) is 71.4 Å². The molecule has 183 valence electrons. The molecule has 11 heteroatoms. The van der Waals surface area contributed by atoms with Gasteiger partial charge in [-0.15, -0.1) is 0 Å². The van der Waals surface area contributed by atoms with Crippen LogP contribution in [-0.2, 0) is 16.0 Å². The summed E-state index contributed by atoms with van der Waals surface area (Å²) in [4.78, 5) is 36.4. The summed E-state index contributed by atoms with van der Waals surface area (Å²) in [5.74, 6) is -1.77. The second kappa shape index (κ2) is 14.0. The number of carbonyl (C=O) groups is 2. The minimum atomic E-state index is -1.73. The molecule has 1 atom stereocenters. The first-order valence-electron chi connectivity index (χ1n) is 11.0. The van der Waals surface area contributed by atoms with Crippen LogP contribution >= 0.6 is 0 Å². The number of hydrogen-bond donors (Lipinski definition) is 5. The Morgan fingerprint density at radius 2 is 1.88 bits per heavy atom. The number of carbonyl (C=O) groups excluding carboxylic acids is 2. The lowest BCUT2D eigenvalue weighted by Crippen LogP contribution is -2.69. The number of nitro groups is 1. The van der Waals surface area contributed by atoms with Gasteiger partial charge in [-0.25, -0.2) is 14.5 Å². The molecule has 10 nitrogen and oxygen atoms in total. The van der Waals surface area contributed by atoms with Crippen LogP contribution in [0.25, 0.3) is 0 Å². The molecule has 0 saturated carbocycles. The Bertz CT molecular complexity index is 803. The Balaban J connectivity index is 2.80. The van der Waals surface area contributed by atoms with Crippen molar-refractivity contribution in [2.75, 3.05) is 0 Å². The van der Waals surface area contributed by atoms with E-state index in [0.717, 1.165) is 5.56 Å². The molecular weight excluding hydrogens is 431 g/mol. The zero-order valence-corrected chi connectivity index (χ0v) is 19.4. The Labute approximate surface area is 193 Å². The molecule has 1 radical (unpaired) electrons. The first-order valence-corrected chi connectivity index (χ1v) is 11.0. The standard InChI is InChI=1S/C22H34FN6O4/c1-4-14-22(27-21(24)28-29(32)33,20(31)25-15-13-16(2)3)26-19(30)8-6-5-7-17-9-11-18(23)12-10-17/h9-12,15-16H,4-8,13-14H2,1-3H3,(H,25,31)(H,26,30)(H3,24,27,28)/t22-/m1/s1. The molecule has 0 aliphatic heterocycles. The fraction of sp³-hybridized carbons (Fsp3) is 0.545. The lowest BCUT2D eigenvalue weighted by atomic mass is 10.0. The molecule has 5 N–H and O–H groups in total. The molecule has 0 fully saturated rings. The number of nitrogens with zero attached hydrogens (tertiary/aromatic N) is 1. The minimum absolute atomic E-state index is 0.109. The maximum absolute atomic E-state index is 13.0. The van der Waals surface area contributed by atoms with Gasteiger partial charge in [0.2, 0.25) is 5.91 Å². The molecule has 33 heavy (non-hydrogen) atoms. The number of halogens is 1. The van der Waals surface area contributed by atoms with Crippen LogP contribution in [0.5, 0.6) is 0 Å². The number of hydrazine groups is 1. The highest BCUT2D eigenvalue weighted by molar-refractivity contribution is 5.95. The fourth-order valence-electron chi connectivity index (χ4n) is 3.17. The SMILES string of the molecule is CCC[C@](NC(=N)N[N+](=O)[O-])(NC(=O)CCCCc1ccc(F)cc1)C(=O)N[CH]CC(C)C. The van der Waals surface area contributed by atoms with E-state index in [4.69, 9.17) is 5.41 Å². The summed E-state index contributed by atoms with van der Waals surface area (Å²) < 4.78 is 13.0. The summed E-state index contributed by atoms with van der Waals surface area (Å²) in [6.45, 7) is 7.31. The van der Waals surface area contributed by atoms with Gasteiger partial charge in [0.25, 0.3) is 11.9 Å². The van der Waals surface area contributed by atoms with Crippen molar-refractivity contribution in [2.24, 2.45) is 5.92 Å². The van der Waals surface area contributed by atoms with Gasteiger partial charge in [-0.3, -0.25) is 15.0 Å². The van der Waals surface area contributed by atoms with Crippen LogP contribution in [0.1, 0.15) is 64.9 Å². The number of hydrogen-bond acceptors (Lipinski definition) is 5. The van der Waals surface area contributed by atoms with Crippen molar-refractivity contribution < 1.29 is 19.0 Å². The number of unbranched alkanes of at least 4 members (excludes halogenated alkanes) is 1. The van der Waals surface area contributed by atoms with Crippen LogP contribution in [0.3, 0.4) is 0 Å².